The quantitative estimate of drug-likeness (QED) is 0.464. The zero-order valence-electron chi connectivity index (χ0n) is 19.3. The first kappa shape index (κ1) is 21.7. The summed E-state index contributed by atoms with van der Waals surface area (Å²) < 4.78 is 1.93. The molecular formula is C27H27N5O2. The third-order valence-corrected chi connectivity index (χ3v) is 6.19. The molecule has 4 aromatic rings. The Hall–Kier alpha value is -4.13. The first-order chi connectivity index (χ1) is 16.5. The molecule has 2 aromatic heterocycles. The van der Waals surface area contributed by atoms with Crippen molar-refractivity contribution < 1.29 is 9.59 Å². The van der Waals surface area contributed by atoms with Gasteiger partial charge in [0.1, 0.15) is 5.69 Å². The van der Waals surface area contributed by atoms with Crippen molar-refractivity contribution in [2.75, 3.05) is 11.9 Å². The van der Waals surface area contributed by atoms with Gasteiger partial charge in [-0.15, -0.1) is 0 Å². The summed E-state index contributed by atoms with van der Waals surface area (Å²) in [5, 5.41) is 7.76. The molecule has 0 aliphatic carbocycles. The second-order valence-corrected chi connectivity index (χ2v) is 8.85. The number of rotatable bonds is 5. The Morgan fingerprint density at radius 2 is 1.91 bits per heavy atom. The molecule has 34 heavy (non-hydrogen) atoms. The number of amides is 2. The van der Waals surface area contributed by atoms with Gasteiger partial charge in [0, 0.05) is 35.6 Å². The highest BCUT2D eigenvalue weighted by atomic mass is 16.2. The number of carbonyl (C=O) groups is 2. The van der Waals surface area contributed by atoms with E-state index < -0.39 is 0 Å². The van der Waals surface area contributed by atoms with Gasteiger partial charge in [-0.2, -0.15) is 5.10 Å². The number of hydrogen-bond acceptors (Lipinski definition) is 3. The van der Waals surface area contributed by atoms with Crippen molar-refractivity contribution in [2.24, 2.45) is 0 Å². The highest BCUT2D eigenvalue weighted by Gasteiger charge is 2.34. The topological polar surface area (TPSA) is 83.0 Å². The Bertz CT molecular complexity index is 1320. The number of aromatic amines is 1. The Kier molecular flexibility index (Phi) is 5.76. The fraction of sp³-hybridized carbons (Fsp3) is 0.222. The molecular weight excluding hydrogens is 426 g/mol. The van der Waals surface area contributed by atoms with E-state index in [1.54, 1.807) is 17.2 Å². The zero-order valence-corrected chi connectivity index (χ0v) is 19.3. The van der Waals surface area contributed by atoms with Crippen LogP contribution in [0.2, 0.25) is 0 Å². The predicted octanol–water partition coefficient (Wildman–Crippen LogP) is 4.58. The number of fused-ring (bicyclic) bond motifs is 1. The highest BCUT2D eigenvalue weighted by molar-refractivity contribution is 6.04. The molecule has 0 saturated heterocycles. The number of aromatic nitrogens is 3. The molecule has 0 fully saturated rings. The first-order valence-corrected chi connectivity index (χ1v) is 11.4. The van der Waals surface area contributed by atoms with Gasteiger partial charge in [0.2, 0.25) is 0 Å². The summed E-state index contributed by atoms with van der Waals surface area (Å²) >= 11 is 0. The van der Waals surface area contributed by atoms with E-state index in [9.17, 15) is 9.59 Å². The van der Waals surface area contributed by atoms with E-state index in [4.69, 9.17) is 5.10 Å². The number of H-pyrrole nitrogens is 1. The predicted molar refractivity (Wildman–Crippen MR) is 131 cm³/mol. The third-order valence-electron chi connectivity index (χ3n) is 6.19. The van der Waals surface area contributed by atoms with Crippen LogP contribution in [-0.2, 0) is 13.1 Å². The van der Waals surface area contributed by atoms with E-state index in [0.29, 0.717) is 31.0 Å². The van der Waals surface area contributed by atoms with E-state index in [-0.39, 0.29) is 17.7 Å². The smallest absolute Gasteiger partial charge is 0.276 e. The molecule has 0 unspecified atom stereocenters. The Balaban J connectivity index is 1.52. The average Bonchev–Trinajstić information content (AvgIpc) is 3.48. The van der Waals surface area contributed by atoms with Crippen LogP contribution in [0.1, 0.15) is 56.2 Å². The van der Waals surface area contributed by atoms with Crippen molar-refractivity contribution in [1.82, 2.24) is 19.7 Å². The first-order valence-electron chi connectivity index (χ1n) is 11.4. The number of aryl methyl sites for hydroxylation is 1. The van der Waals surface area contributed by atoms with Crippen molar-refractivity contribution >= 4 is 17.5 Å². The normalized spacial score (nSPS) is 15.1. The van der Waals surface area contributed by atoms with Crippen LogP contribution in [0.3, 0.4) is 0 Å². The maximum atomic E-state index is 13.4. The maximum absolute atomic E-state index is 13.4. The van der Waals surface area contributed by atoms with Gasteiger partial charge in [0.15, 0.2) is 5.69 Å². The summed E-state index contributed by atoms with van der Waals surface area (Å²) in [6, 6.07) is 21.3. The minimum atomic E-state index is -0.268. The van der Waals surface area contributed by atoms with E-state index in [0.717, 1.165) is 28.1 Å². The van der Waals surface area contributed by atoms with E-state index in [2.05, 4.69) is 29.4 Å². The Morgan fingerprint density at radius 3 is 2.65 bits per heavy atom. The van der Waals surface area contributed by atoms with Crippen molar-refractivity contribution in [3.8, 4) is 0 Å². The maximum Gasteiger partial charge on any atom is 0.276 e. The Morgan fingerprint density at radius 1 is 1.09 bits per heavy atom. The molecule has 5 rings (SSSR count). The molecule has 0 saturated carbocycles. The molecule has 172 valence electrons. The molecule has 0 bridgehead atoms. The number of nitrogens with zero attached hydrogens (tertiary/aromatic N) is 3. The molecule has 2 N–H and O–H groups in total. The van der Waals surface area contributed by atoms with Gasteiger partial charge in [-0.05, 0) is 42.3 Å². The Labute approximate surface area is 198 Å². The lowest BCUT2D eigenvalue weighted by Crippen LogP contribution is -2.38. The molecule has 2 aromatic carbocycles. The molecule has 7 heteroatoms. The summed E-state index contributed by atoms with van der Waals surface area (Å²) in [6.07, 6.45) is 1.74. The summed E-state index contributed by atoms with van der Waals surface area (Å²) in [5.74, 6) is -0.321. The SMILES string of the molecule is Cc1cccc(NC(=O)c2nn(Cc3ccccc3)c3c2CN(C(=O)c2ccc[nH]2)C[C@H]3C)c1. The van der Waals surface area contributed by atoms with Gasteiger partial charge in [-0.3, -0.25) is 14.3 Å². The van der Waals surface area contributed by atoms with Gasteiger partial charge in [-0.1, -0.05) is 49.4 Å². The molecule has 1 atom stereocenters. The fourth-order valence-corrected chi connectivity index (χ4v) is 4.65. The highest BCUT2D eigenvalue weighted by Crippen LogP contribution is 2.32. The average molecular weight is 454 g/mol. The van der Waals surface area contributed by atoms with Crippen molar-refractivity contribution in [3.05, 3.63) is 107 Å². The lowest BCUT2D eigenvalue weighted by Gasteiger charge is -2.32. The van der Waals surface area contributed by atoms with Gasteiger partial charge < -0.3 is 15.2 Å². The monoisotopic (exact) mass is 453 g/mol. The van der Waals surface area contributed by atoms with Gasteiger partial charge in [0.05, 0.1) is 13.1 Å². The minimum Gasteiger partial charge on any atom is -0.357 e. The summed E-state index contributed by atoms with van der Waals surface area (Å²) in [4.78, 5) is 31.3. The van der Waals surface area contributed by atoms with E-state index in [1.165, 1.54) is 0 Å². The second-order valence-electron chi connectivity index (χ2n) is 8.85. The van der Waals surface area contributed by atoms with Gasteiger partial charge in [0.25, 0.3) is 11.8 Å². The van der Waals surface area contributed by atoms with Crippen LogP contribution in [0.4, 0.5) is 5.69 Å². The number of anilines is 1. The number of nitrogens with one attached hydrogen (secondary N) is 2. The number of carbonyl (C=O) groups excluding carboxylic acids is 2. The van der Waals surface area contributed by atoms with Crippen molar-refractivity contribution in [1.29, 1.82) is 0 Å². The summed E-state index contributed by atoms with van der Waals surface area (Å²) in [7, 11) is 0. The minimum absolute atomic E-state index is 0.0272. The largest absolute Gasteiger partial charge is 0.357 e. The van der Waals surface area contributed by atoms with Gasteiger partial charge in [-0.25, -0.2) is 0 Å². The standard InChI is InChI=1S/C27H27N5O2/c1-18-8-6-11-21(14-18)29-26(33)24-22-17-31(27(34)23-12-7-13-28-23)15-19(2)25(22)32(30-24)16-20-9-4-3-5-10-20/h3-14,19,28H,15-17H2,1-2H3,(H,29,33)/t19-/m1/s1. The zero-order chi connectivity index (χ0) is 23.7. The summed E-state index contributed by atoms with van der Waals surface area (Å²) in [6.45, 7) is 5.53. The number of hydrogen-bond donors (Lipinski definition) is 2. The van der Waals surface area contributed by atoms with Crippen LogP contribution < -0.4 is 5.32 Å². The van der Waals surface area contributed by atoms with Crippen molar-refractivity contribution in [3.63, 3.8) is 0 Å². The van der Waals surface area contributed by atoms with Crippen LogP contribution in [-0.4, -0.2) is 38.0 Å². The van der Waals surface area contributed by atoms with E-state index >= 15 is 0 Å². The van der Waals surface area contributed by atoms with Crippen LogP contribution in [0.5, 0.6) is 0 Å². The fourth-order valence-electron chi connectivity index (χ4n) is 4.65. The molecule has 1 aliphatic rings. The van der Waals surface area contributed by atoms with Crippen LogP contribution in [0.25, 0.3) is 0 Å². The lowest BCUT2D eigenvalue weighted by molar-refractivity contribution is 0.0711. The van der Waals surface area contributed by atoms with Crippen LogP contribution in [0.15, 0.2) is 72.9 Å². The molecule has 0 radical (unpaired) electrons. The van der Waals surface area contributed by atoms with Crippen LogP contribution >= 0.6 is 0 Å². The number of benzene rings is 2. The summed E-state index contributed by atoms with van der Waals surface area (Å²) in [5.41, 5.74) is 5.61. The molecule has 3 heterocycles. The molecule has 2 amide bonds. The second kappa shape index (κ2) is 9.02. The van der Waals surface area contributed by atoms with Gasteiger partial charge >= 0.3 is 0 Å². The lowest BCUT2D eigenvalue weighted by atomic mass is 9.95. The molecule has 0 spiro atoms. The van der Waals surface area contributed by atoms with Crippen molar-refractivity contribution in [2.45, 2.75) is 32.9 Å². The van der Waals surface area contributed by atoms with Crippen LogP contribution in [0, 0.1) is 6.92 Å². The molecule has 7 nitrogen and oxygen atoms in total. The third kappa shape index (κ3) is 4.24. The molecule has 1 aliphatic heterocycles. The van der Waals surface area contributed by atoms with E-state index in [1.807, 2.05) is 60.1 Å².